The van der Waals surface area contributed by atoms with Crippen LogP contribution in [0.5, 0.6) is 0 Å². The van der Waals surface area contributed by atoms with Gasteiger partial charge in [0.25, 0.3) is 0 Å². The molecule has 0 bridgehead atoms. The predicted molar refractivity (Wildman–Crippen MR) is 97.5 cm³/mol. The van der Waals surface area contributed by atoms with Gasteiger partial charge in [-0.25, -0.2) is 8.42 Å². The third-order valence-electron chi connectivity index (χ3n) is 4.64. The number of nitrogens with one attached hydrogen (secondary N) is 2. The Kier molecular flexibility index (Phi) is 5.38. The molecule has 136 valence electrons. The Balaban J connectivity index is 1.70. The maximum absolute atomic E-state index is 12.8. The summed E-state index contributed by atoms with van der Waals surface area (Å²) in [6.45, 7) is 1.55. The second kappa shape index (κ2) is 7.37. The number of carbonyl (C=O) groups is 2. The van der Waals surface area contributed by atoms with Gasteiger partial charge in [0.1, 0.15) is 0 Å². The molecule has 2 N–H and O–H groups in total. The molecule has 1 aliphatic carbocycles. The molecule has 0 radical (unpaired) electrons. The molecule has 3 rings (SSSR count). The van der Waals surface area contributed by atoms with Crippen molar-refractivity contribution in [3.63, 3.8) is 0 Å². The van der Waals surface area contributed by atoms with Crippen molar-refractivity contribution in [3.8, 4) is 0 Å². The average Bonchev–Trinajstić information content (AvgIpc) is 3.06. The molecule has 1 heterocycles. The number of thioether (sulfide) groups is 1. The van der Waals surface area contributed by atoms with E-state index in [4.69, 9.17) is 0 Å². The van der Waals surface area contributed by atoms with Gasteiger partial charge in [-0.3, -0.25) is 9.59 Å². The first-order valence-electron chi connectivity index (χ1n) is 8.46. The van der Waals surface area contributed by atoms with Crippen molar-refractivity contribution < 1.29 is 18.0 Å². The Morgan fingerprint density at radius 2 is 2.08 bits per heavy atom. The van der Waals surface area contributed by atoms with E-state index in [1.54, 1.807) is 19.1 Å². The fourth-order valence-corrected chi connectivity index (χ4v) is 5.36. The summed E-state index contributed by atoms with van der Waals surface area (Å²) in [5, 5.41) is 4.80. The second-order valence-electron chi connectivity index (χ2n) is 6.60. The largest absolute Gasteiger partial charge is 0.353 e. The molecule has 1 atom stereocenters. The summed E-state index contributed by atoms with van der Waals surface area (Å²) < 4.78 is 25.5. The SMILES string of the molecule is CC(CC(=O)NC1CCCC1)S(=O)(=O)c1ccc2c(c1)NC(=O)CS2. The van der Waals surface area contributed by atoms with E-state index in [9.17, 15) is 18.0 Å². The van der Waals surface area contributed by atoms with Crippen molar-refractivity contribution in [2.24, 2.45) is 0 Å². The molecule has 1 aromatic rings. The molecule has 0 spiro atoms. The number of hydrogen-bond acceptors (Lipinski definition) is 5. The molecule has 2 amide bonds. The van der Waals surface area contributed by atoms with Gasteiger partial charge in [-0.05, 0) is 38.0 Å². The minimum Gasteiger partial charge on any atom is -0.353 e. The van der Waals surface area contributed by atoms with Crippen LogP contribution in [0.2, 0.25) is 0 Å². The van der Waals surface area contributed by atoms with Gasteiger partial charge in [-0.2, -0.15) is 0 Å². The van der Waals surface area contributed by atoms with E-state index < -0.39 is 15.1 Å². The molecule has 1 fully saturated rings. The molecule has 1 unspecified atom stereocenters. The highest BCUT2D eigenvalue weighted by atomic mass is 32.2. The molecule has 1 aliphatic heterocycles. The summed E-state index contributed by atoms with van der Waals surface area (Å²) in [5.41, 5.74) is 0.518. The van der Waals surface area contributed by atoms with Crippen LogP contribution < -0.4 is 10.6 Å². The summed E-state index contributed by atoms with van der Waals surface area (Å²) in [5.74, 6) is -0.0301. The van der Waals surface area contributed by atoms with E-state index in [0.29, 0.717) is 11.4 Å². The molecule has 8 heteroatoms. The third kappa shape index (κ3) is 4.17. The zero-order chi connectivity index (χ0) is 18.0. The molecule has 1 saturated carbocycles. The molecule has 0 saturated heterocycles. The number of anilines is 1. The zero-order valence-corrected chi connectivity index (χ0v) is 15.7. The summed E-state index contributed by atoms with van der Waals surface area (Å²) in [6.07, 6.45) is 4.09. The van der Waals surface area contributed by atoms with Crippen LogP contribution in [-0.2, 0) is 19.4 Å². The second-order valence-corrected chi connectivity index (χ2v) is 9.99. The molecule has 0 aromatic heterocycles. The Labute approximate surface area is 152 Å². The van der Waals surface area contributed by atoms with Gasteiger partial charge >= 0.3 is 0 Å². The van der Waals surface area contributed by atoms with Crippen molar-refractivity contribution in [2.75, 3.05) is 11.1 Å². The fraction of sp³-hybridized carbons (Fsp3) is 0.529. The lowest BCUT2D eigenvalue weighted by molar-refractivity contribution is -0.121. The Bertz CT molecular complexity index is 786. The highest BCUT2D eigenvalue weighted by molar-refractivity contribution is 8.00. The lowest BCUT2D eigenvalue weighted by Crippen LogP contribution is -2.35. The number of amides is 2. The van der Waals surface area contributed by atoms with Crippen molar-refractivity contribution in [2.45, 2.75) is 60.1 Å². The van der Waals surface area contributed by atoms with Crippen molar-refractivity contribution in [1.82, 2.24) is 5.32 Å². The Morgan fingerprint density at radius 3 is 2.80 bits per heavy atom. The number of sulfone groups is 1. The number of hydrogen-bond donors (Lipinski definition) is 2. The molecular weight excluding hydrogens is 360 g/mol. The first kappa shape index (κ1) is 18.3. The smallest absolute Gasteiger partial charge is 0.234 e. The monoisotopic (exact) mass is 382 g/mol. The topological polar surface area (TPSA) is 92.3 Å². The molecule has 25 heavy (non-hydrogen) atoms. The van der Waals surface area contributed by atoms with Crippen molar-refractivity contribution >= 4 is 39.1 Å². The van der Waals surface area contributed by atoms with E-state index in [2.05, 4.69) is 10.6 Å². The summed E-state index contributed by atoms with van der Waals surface area (Å²) >= 11 is 1.38. The Hall–Kier alpha value is -1.54. The highest BCUT2D eigenvalue weighted by Crippen LogP contribution is 2.34. The van der Waals surface area contributed by atoms with E-state index in [0.717, 1.165) is 30.6 Å². The lowest BCUT2D eigenvalue weighted by Gasteiger charge is -2.19. The van der Waals surface area contributed by atoms with Crippen LogP contribution in [0, 0.1) is 0 Å². The average molecular weight is 383 g/mol. The molecular formula is C17H22N2O4S2. The van der Waals surface area contributed by atoms with Crippen molar-refractivity contribution in [3.05, 3.63) is 18.2 Å². The maximum Gasteiger partial charge on any atom is 0.234 e. The summed E-state index contributed by atoms with van der Waals surface area (Å²) in [7, 11) is -3.64. The van der Waals surface area contributed by atoms with Crippen molar-refractivity contribution in [1.29, 1.82) is 0 Å². The minimum atomic E-state index is -3.64. The van der Waals surface area contributed by atoms with E-state index in [1.807, 2.05) is 0 Å². The highest BCUT2D eigenvalue weighted by Gasteiger charge is 2.28. The van der Waals surface area contributed by atoms with Crippen LogP contribution in [0.15, 0.2) is 28.0 Å². The molecule has 6 nitrogen and oxygen atoms in total. The Morgan fingerprint density at radius 1 is 1.36 bits per heavy atom. The number of benzene rings is 1. The number of carbonyl (C=O) groups excluding carboxylic acids is 2. The summed E-state index contributed by atoms with van der Waals surface area (Å²) in [4.78, 5) is 24.6. The zero-order valence-electron chi connectivity index (χ0n) is 14.1. The van der Waals surface area contributed by atoms with Gasteiger partial charge in [0.15, 0.2) is 9.84 Å². The standard InChI is InChI=1S/C17H22N2O4S2/c1-11(8-16(20)18-12-4-2-3-5-12)25(22,23)13-6-7-15-14(9-13)19-17(21)10-24-15/h6-7,9,11-12H,2-5,8,10H2,1H3,(H,18,20)(H,19,21). The maximum atomic E-state index is 12.8. The number of fused-ring (bicyclic) bond motifs is 1. The fourth-order valence-electron chi connectivity index (χ4n) is 3.20. The van der Waals surface area contributed by atoms with E-state index in [1.165, 1.54) is 17.8 Å². The predicted octanol–water partition coefficient (Wildman–Crippen LogP) is 2.34. The first-order valence-corrected chi connectivity index (χ1v) is 11.0. The lowest BCUT2D eigenvalue weighted by atomic mass is 10.2. The van der Waals surface area contributed by atoms with Gasteiger partial charge in [0, 0.05) is 17.4 Å². The molecule has 1 aromatic carbocycles. The van der Waals surface area contributed by atoms with Crippen LogP contribution in [0.25, 0.3) is 0 Å². The van der Waals surface area contributed by atoms with Crippen LogP contribution in [0.3, 0.4) is 0 Å². The van der Waals surface area contributed by atoms with Crippen LogP contribution in [-0.4, -0.2) is 37.3 Å². The van der Waals surface area contributed by atoms with Gasteiger partial charge in [-0.1, -0.05) is 12.8 Å². The minimum absolute atomic E-state index is 0.0585. The summed E-state index contributed by atoms with van der Waals surface area (Å²) in [6, 6.07) is 4.92. The van der Waals surface area contributed by atoms with Gasteiger partial charge < -0.3 is 10.6 Å². The number of rotatable bonds is 5. The van der Waals surface area contributed by atoms with Crippen LogP contribution in [0.4, 0.5) is 5.69 Å². The van der Waals surface area contributed by atoms with Crippen LogP contribution in [0.1, 0.15) is 39.0 Å². The quantitative estimate of drug-likeness (QED) is 0.815. The van der Waals surface area contributed by atoms with Gasteiger partial charge in [-0.15, -0.1) is 11.8 Å². The van der Waals surface area contributed by atoms with Crippen LogP contribution >= 0.6 is 11.8 Å². The first-order chi connectivity index (χ1) is 11.9. The van der Waals surface area contributed by atoms with Gasteiger partial charge in [0.05, 0.1) is 21.6 Å². The normalized spacial score (nSPS) is 19.2. The molecule has 2 aliphatic rings. The van der Waals surface area contributed by atoms with E-state index in [-0.39, 0.29) is 29.2 Å². The van der Waals surface area contributed by atoms with E-state index >= 15 is 0 Å². The van der Waals surface area contributed by atoms with Gasteiger partial charge in [0.2, 0.25) is 11.8 Å². The third-order valence-corrected chi connectivity index (χ3v) is 7.85.